The van der Waals surface area contributed by atoms with E-state index in [2.05, 4.69) is 5.32 Å². The number of rotatable bonds is 5. The van der Waals surface area contributed by atoms with Gasteiger partial charge in [-0.25, -0.2) is 13.6 Å². The molecule has 16 heavy (non-hydrogen) atoms. The fraction of sp³-hybridized carbons (Fsp3) is 0.875. The van der Waals surface area contributed by atoms with Crippen molar-refractivity contribution < 1.29 is 17.9 Å². The summed E-state index contributed by atoms with van der Waals surface area (Å²) in [5.41, 5.74) is 5.40. The van der Waals surface area contributed by atoms with Crippen LogP contribution in [0, 0.1) is 0 Å². The van der Waals surface area contributed by atoms with Gasteiger partial charge in [-0.1, -0.05) is 0 Å². The van der Waals surface area contributed by atoms with E-state index in [1.807, 2.05) is 0 Å². The predicted molar refractivity (Wildman–Crippen MR) is 57.9 cm³/mol. The van der Waals surface area contributed by atoms with Gasteiger partial charge in [0.05, 0.1) is 11.9 Å². The second kappa shape index (κ2) is 5.58. The number of primary sulfonamides is 1. The first-order chi connectivity index (χ1) is 7.42. The van der Waals surface area contributed by atoms with E-state index in [-0.39, 0.29) is 24.3 Å². The number of ether oxygens (including phenoxy) is 1. The minimum Gasteiger partial charge on any atom is -0.364 e. The number of hydrogen-bond acceptors (Lipinski definition) is 5. The third-order valence-electron chi connectivity index (χ3n) is 2.35. The Morgan fingerprint density at radius 1 is 1.44 bits per heavy atom. The molecule has 5 N–H and O–H groups in total. The van der Waals surface area contributed by atoms with E-state index in [1.54, 1.807) is 0 Å². The Hall–Kier alpha value is -0.700. The molecule has 1 fully saturated rings. The molecule has 1 aliphatic heterocycles. The highest BCUT2D eigenvalue weighted by Gasteiger charge is 2.29. The van der Waals surface area contributed by atoms with Crippen LogP contribution in [0.2, 0.25) is 0 Å². The summed E-state index contributed by atoms with van der Waals surface area (Å²) < 4.78 is 26.6. The van der Waals surface area contributed by atoms with E-state index in [9.17, 15) is 13.2 Å². The minimum atomic E-state index is -3.53. The molecule has 8 heteroatoms. The van der Waals surface area contributed by atoms with Crippen molar-refractivity contribution in [3.63, 3.8) is 0 Å². The van der Waals surface area contributed by atoms with Gasteiger partial charge < -0.3 is 15.8 Å². The van der Waals surface area contributed by atoms with E-state index in [0.29, 0.717) is 13.0 Å². The number of amides is 1. The van der Waals surface area contributed by atoms with Crippen LogP contribution in [-0.2, 0) is 19.6 Å². The van der Waals surface area contributed by atoms with E-state index in [4.69, 9.17) is 15.6 Å². The van der Waals surface area contributed by atoms with Gasteiger partial charge in [0, 0.05) is 13.1 Å². The molecule has 1 amide bonds. The zero-order valence-corrected chi connectivity index (χ0v) is 9.70. The van der Waals surface area contributed by atoms with Gasteiger partial charge in [0.25, 0.3) is 0 Å². The van der Waals surface area contributed by atoms with Crippen LogP contribution in [0.1, 0.15) is 12.8 Å². The van der Waals surface area contributed by atoms with Crippen LogP contribution in [0.25, 0.3) is 0 Å². The maximum absolute atomic E-state index is 11.5. The number of carbonyl (C=O) groups is 1. The van der Waals surface area contributed by atoms with Crippen LogP contribution >= 0.6 is 0 Å². The van der Waals surface area contributed by atoms with Gasteiger partial charge in [0.2, 0.25) is 15.9 Å². The Morgan fingerprint density at radius 3 is 2.62 bits per heavy atom. The van der Waals surface area contributed by atoms with Gasteiger partial charge in [0.1, 0.15) is 6.10 Å². The second-order valence-corrected chi connectivity index (χ2v) is 5.45. The molecule has 1 rings (SSSR count). The molecule has 1 heterocycles. The molecule has 0 saturated carbocycles. The topological polar surface area (TPSA) is 125 Å². The normalized spacial score (nSPS) is 25.6. The first-order valence-electron chi connectivity index (χ1n) is 5.06. The van der Waals surface area contributed by atoms with Crippen LogP contribution in [0.5, 0.6) is 0 Å². The fourth-order valence-corrected chi connectivity index (χ4v) is 1.89. The predicted octanol–water partition coefficient (Wildman–Crippen LogP) is -2.10. The average Bonchev–Trinajstić information content (AvgIpc) is 2.63. The van der Waals surface area contributed by atoms with Crippen molar-refractivity contribution in [2.45, 2.75) is 25.0 Å². The SMILES string of the molecule is NCC1CCC(C(=O)NCCS(N)(=O)=O)O1. The summed E-state index contributed by atoms with van der Waals surface area (Å²) >= 11 is 0. The van der Waals surface area contributed by atoms with E-state index < -0.39 is 16.1 Å². The molecule has 0 bridgehead atoms. The van der Waals surface area contributed by atoms with E-state index in [0.717, 1.165) is 6.42 Å². The summed E-state index contributed by atoms with van der Waals surface area (Å²) in [7, 11) is -3.53. The van der Waals surface area contributed by atoms with Crippen molar-refractivity contribution in [1.82, 2.24) is 5.32 Å². The first-order valence-corrected chi connectivity index (χ1v) is 6.77. The quantitative estimate of drug-likeness (QED) is 0.516. The van der Waals surface area contributed by atoms with Gasteiger partial charge in [-0.15, -0.1) is 0 Å². The molecule has 94 valence electrons. The largest absolute Gasteiger partial charge is 0.364 e. The zero-order chi connectivity index (χ0) is 12.2. The van der Waals surface area contributed by atoms with Crippen molar-refractivity contribution in [2.75, 3.05) is 18.8 Å². The molecule has 0 aromatic heterocycles. The van der Waals surface area contributed by atoms with E-state index >= 15 is 0 Å². The van der Waals surface area contributed by atoms with Crippen molar-refractivity contribution in [3.8, 4) is 0 Å². The van der Waals surface area contributed by atoms with Gasteiger partial charge in [-0.3, -0.25) is 4.79 Å². The third-order valence-corrected chi connectivity index (χ3v) is 3.12. The maximum Gasteiger partial charge on any atom is 0.249 e. The summed E-state index contributed by atoms with van der Waals surface area (Å²) in [6, 6.07) is 0. The molecule has 2 unspecified atom stereocenters. The van der Waals surface area contributed by atoms with Crippen LogP contribution in [0.3, 0.4) is 0 Å². The number of nitrogens with two attached hydrogens (primary N) is 2. The lowest BCUT2D eigenvalue weighted by molar-refractivity contribution is -0.131. The molecule has 7 nitrogen and oxygen atoms in total. The highest BCUT2D eigenvalue weighted by molar-refractivity contribution is 7.89. The Bertz CT molecular complexity index is 343. The highest BCUT2D eigenvalue weighted by Crippen LogP contribution is 2.18. The van der Waals surface area contributed by atoms with Crippen molar-refractivity contribution >= 4 is 15.9 Å². The molecule has 0 aromatic carbocycles. The standard InChI is InChI=1S/C8H17N3O4S/c9-5-6-1-2-7(15-6)8(12)11-3-4-16(10,13)14/h6-7H,1-5,9H2,(H,11,12)(H2,10,13,14). The highest BCUT2D eigenvalue weighted by atomic mass is 32.2. The van der Waals surface area contributed by atoms with Gasteiger partial charge >= 0.3 is 0 Å². The first kappa shape index (κ1) is 13.4. The summed E-state index contributed by atoms with van der Waals surface area (Å²) in [6.45, 7) is 0.395. The molecule has 0 aromatic rings. The molecule has 0 aliphatic carbocycles. The molecule has 1 aliphatic rings. The van der Waals surface area contributed by atoms with Crippen LogP contribution in [-0.4, -0.2) is 45.4 Å². The lowest BCUT2D eigenvalue weighted by Gasteiger charge is -2.12. The summed E-state index contributed by atoms with van der Waals surface area (Å²) in [6.07, 6.45) is 0.773. The van der Waals surface area contributed by atoms with E-state index in [1.165, 1.54) is 0 Å². The summed E-state index contributed by atoms with van der Waals surface area (Å²) in [5.74, 6) is -0.578. The molecular weight excluding hydrogens is 234 g/mol. The third kappa shape index (κ3) is 4.44. The second-order valence-electron chi connectivity index (χ2n) is 3.72. The maximum atomic E-state index is 11.5. The zero-order valence-electron chi connectivity index (χ0n) is 8.89. The van der Waals surface area contributed by atoms with Crippen molar-refractivity contribution in [3.05, 3.63) is 0 Å². The van der Waals surface area contributed by atoms with Crippen LogP contribution in [0.15, 0.2) is 0 Å². The van der Waals surface area contributed by atoms with Crippen LogP contribution in [0.4, 0.5) is 0 Å². The Morgan fingerprint density at radius 2 is 2.12 bits per heavy atom. The van der Waals surface area contributed by atoms with Gasteiger partial charge in [-0.2, -0.15) is 0 Å². The molecule has 2 atom stereocenters. The number of carbonyl (C=O) groups excluding carboxylic acids is 1. The molecular formula is C8H17N3O4S. The smallest absolute Gasteiger partial charge is 0.249 e. The van der Waals surface area contributed by atoms with Crippen molar-refractivity contribution in [2.24, 2.45) is 10.9 Å². The van der Waals surface area contributed by atoms with Crippen LogP contribution < -0.4 is 16.2 Å². The van der Waals surface area contributed by atoms with Gasteiger partial charge in [0.15, 0.2) is 0 Å². The lowest BCUT2D eigenvalue weighted by atomic mass is 10.2. The van der Waals surface area contributed by atoms with Gasteiger partial charge in [-0.05, 0) is 12.8 Å². The Labute approximate surface area is 94.6 Å². The summed E-state index contributed by atoms with van der Waals surface area (Å²) in [5, 5.41) is 7.25. The lowest BCUT2D eigenvalue weighted by Crippen LogP contribution is -2.38. The molecule has 0 spiro atoms. The Balaban J connectivity index is 2.26. The summed E-state index contributed by atoms with van der Waals surface area (Å²) in [4.78, 5) is 11.5. The average molecular weight is 251 g/mol. The number of nitrogens with one attached hydrogen (secondary N) is 1. The monoisotopic (exact) mass is 251 g/mol. The molecule has 0 radical (unpaired) electrons. The van der Waals surface area contributed by atoms with Crippen molar-refractivity contribution in [1.29, 1.82) is 0 Å². The Kier molecular flexibility index (Phi) is 4.66. The minimum absolute atomic E-state index is 0.00478. The molecule has 1 saturated heterocycles. The number of hydrogen-bond donors (Lipinski definition) is 3. The fourth-order valence-electron chi connectivity index (χ4n) is 1.50. The number of sulfonamides is 1.